The van der Waals surface area contributed by atoms with E-state index in [1.165, 1.54) is 17.1 Å². The molecule has 5 rings (SSSR count). The molecule has 4 aromatic rings. The molecule has 1 amide bonds. The summed E-state index contributed by atoms with van der Waals surface area (Å²) in [6.07, 6.45) is 3.71. The maximum Gasteiger partial charge on any atom is 0.277 e. The average molecular weight is 426 g/mol. The van der Waals surface area contributed by atoms with Crippen LogP contribution in [0.3, 0.4) is 0 Å². The van der Waals surface area contributed by atoms with Gasteiger partial charge in [-0.1, -0.05) is 30.3 Å². The predicted octanol–water partition coefficient (Wildman–Crippen LogP) is 4.77. The highest BCUT2D eigenvalue weighted by atomic mass is 19.1. The first-order chi connectivity index (χ1) is 15.7. The fraction of sp³-hybridized carbons (Fsp3) is 0.120. The number of benzene rings is 3. The Labute approximate surface area is 184 Å². The average Bonchev–Trinajstić information content (AvgIpc) is 3.29. The number of hydrogen-bond acceptors (Lipinski definition) is 5. The third kappa shape index (κ3) is 3.47. The number of hydrazone groups is 1. The first-order valence-corrected chi connectivity index (χ1v) is 10.2. The summed E-state index contributed by atoms with van der Waals surface area (Å²) in [5.41, 5.74) is 3.78. The minimum Gasteiger partial charge on any atom is -0.496 e. The van der Waals surface area contributed by atoms with E-state index in [1.54, 1.807) is 31.6 Å². The van der Waals surface area contributed by atoms with Crippen LogP contribution in [0, 0.1) is 5.82 Å². The van der Waals surface area contributed by atoms with Crippen LogP contribution < -0.4 is 4.74 Å². The Morgan fingerprint density at radius 1 is 1.00 bits per heavy atom. The topological polar surface area (TPSA) is 67.7 Å². The van der Waals surface area contributed by atoms with Gasteiger partial charge in [0, 0.05) is 24.4 Å². The number of hydrogen-bond donors (Lipinski definition) is 0. The molecule has 7 heteroatoms. The molecule has 0 unspecified atom stereocenters. The molecule has 0 N–H and O–H groups in total. The molecule has 1 aliphatic heterocycles. The number of fused-ring (bicyclic) bond motifs is 1. The molecule has 0 fully saturated rings. The van der Waals surface area contributed by atoms with E-state index in [4.69, 9.17) is 4.74 Å². The van der Waals surface area contributed by atoms with E-state index >= 15 is 0 Å². The molecule has 0 bridgehead atoms. The molecule has 2 heterocycles. The van der Waals surface area contributed by atoms with Crippen molar-refractivity contribution < 1.29 is 13.9 Å². The summed E-state index contributed by atoms with van der Waals surface area (Å²) >= 11 is 0. The molecule has 0 spiro atoms. The van der Waals surface area contributed by atoms with Crippen molar-refractivity contribution in [1.82, 2.24) is 15.0 Å². The zero-order valence-electron chi connectivity index (χ0n) is 17.3. The second-order valence-corrected chi connectivity index (χ2v) is 7.40. The Bertz CT molecular complexity index is 1350. The van der Waals surface area contributed by atoms with Gasteiger partial charge in [-0.15, -0.1) is 0 Å². The van der Waals surface area contributed by atoms with Crippen molar-refractivity contribution in [2.45, 2.75) is 12.5 Å². The van der Waals surface area contributed by atoms with Crippen molar-refractivity contribution in [2.75, 3.05) is 7.11 Å². The molecule has 1 aromatic heterocycles. The van der Waals surface area contributed by atoms with E-state index < -0.39 is 17.8 Å². The van der Waals surface area contributed by atoms with Crippen molar-refractivity contribution in [2.24, 2.45) is 5.10 Å². The van der Waals surface area contributed by atoms with Crippen molar-refractivity contribution in [3.8, 4) is 5.75 Å². The summed E-state index contributed by atoms with van der Waals surface area (Å²) in [6.45, 7) is 0. The van der Waals surface area contributed by atoms with Gasteiger partial charge in [0.1, 0.15) is 11.6 Å². The van der Waals surface area contributed by atoms with Crippen molar-refractivity contribution in [3.05, 3.63) is 102 Å². The number of methoxy groups -OCH3 is 1. The highest BCUT2D eigenvalue weighted by molar-refractivity contribution is 6.06. The van der Waals surface area contributed by atoms with Gasteiger partial charge in [-0.25, -0.2) is 9.40 Å². The number of carbonyl (C=O) groups excluding carboxylic acids is 1. The maximum atomic E-state index is 14.4. The van der Waals surface area contributed by atoms with E-state index in [0.717, 1.165) is 16.6 Å². The summed E-state index contributed by atoms with van der Waals surface area (Å²) in [5.74, 6) is -0.423. The molecular formula is C25H19FN4O2. The van der Waals surface area contributed by atoms with Gasteiger partial charge in [0.05, 0.1) is 35.5 Å². The van der Waals surface area contributed by atoms with Gasteiger partial charge >= 0.3 is 0 Å². The Morgan fingerprint density at radius 3 is 2.56 bits per heavy atom. The van der Waals surface area contributed by atoms with Gasteiger partial charge in [0.15, 0.2) is 0 Å². The maximum absolute atomic E-state index is 14.4. The lowest BCUT2D eigenvalue weighted by atomic mass is 9.97. The molecule has 6 nitrogen and oxygen atoms in total. The van der Waals surface area contributed by atoms with Crippen molar-refractivity contribution >= 4 is 22.7 Å². The molecule has 3 aromatic carbocycles. The third-order valence-corrected chi connectivity index (χ3v) is 5.52. The third-order valence-electron chi connectivity index (χ3n) is 5.52. The van der Waals surface area contributed by atoms with Crippen molar-refractivity contribution in [3.63, 3.8) is 0 Å². The normalized spacial score (nSPS) is 15.6. The van der Waals surface area contributed by atoms with Gasteiger partial charge in [-0.2, -0.15) is 5.10 Å². The lowest BCUT2D eigenvalue weighted by Gasteiger charge is -2.22. The highest BCUT2D eigenvalue weighted by Crippen LogP contribution is 2.36. The summed E-state index contributed by atoms with van der Waals surface area (Å²) in [6, 6.07) is 18.7. The summed E-state index contributed by atoms with van der Waals surface area (Å²) in [7, 11) is 1.59. The lowest BCUT2D eigenvalue weighted by molar-refractivity contribution is 0.0706. The SMILES string of the molecule is COc1ccccc1C1=NN(C(=O)c2ccccc2F)[C@H](c2ccc3nccnc3c2)C1. The van der Waals surface area contributed by atoms with Crippen molar-refractivity contribution in [1.29, 1.82) is 0 Å². The molecule has 32 heavy (non-hydrogen) atoms. The van der Waals surface area contributed by atoms with Crippen LogP contribution in [-0.4, -0.2) is 33.7 Å². The predicted molar refractivity (Wildman–Crippen MR) is 119 cm³/mol. The Balaban J connectivity index is 1.61. The second-order valence-electron chi connectivity index (χ2n) is 7.40. The van der Waals surface area contributed by atoms with E-state index in [1.807, 2.05) is 42.5 Å². The molecule has 0 radical (unpaired) electrons. The Morgan fingerprint density at radius 2 is 1.75 bits per heavy atom. The standard InChI is InChI=1S/C25H19FN4O2/c1-32-24-9-5-3-7-18(24)21-15-23(16-10-11-20-22(14-16)28-13-12-27-20)30(29-21)25(31)17-6-2-4-8-19(17)26/h2-14,23H,15H2,1H3/t23-/m0/s1. The van der Waals surface area contributed by atoms with Crippen LogP contribution in [0.15, 0.2) is 84.2 Å². The molecule has 1 atom stereocenters. The van der Waals surface area contributed by atoms with Crippen LogP contribution in [0.1, 0.15) is 33.9 Å². The van der Waals surface area contributed by atoms with Crippen LogP contribution in [0.25, 0.3) is 11.0 Å². The van der Waals surface area contributed by atoms with Crippen LogP contribution in [-0.2, 0) is 0 Å². The summed E-state index contributed by atoms with van der Waals surface area (Å²) in [5, 5.41) is 6.00. The molecule has 158 valence electrons. The largest absolute Gasteiger partial charge is 0.496 e. The number of ether oxygens (including phenoxy) is 1. The Hall–Kier alpha value is -4.13. The number of rotatable bonds is 4. The summed E-state index contributed by atoms with van der Waals surface area (Å²) < 4.78 is 19.9. The van der Waals surface area contributed by atoms with E-state index in [9.17, 15) is 9.18 Å². The minimum atomic E-state index is -0.582. The van der Waals surface area contributed by atoms with Gasteiger partial charge in [0.2, 0.25) is 0 Å². The Kier molecular flexibility index (Phi) is 5.07. The fourth-order valence-corrected chi connectivity index (χ4v) is 3.95. The minimum absolute atomic E-state index is 0.0249. The zero-order chi connectivity index (χ0) is 22.1. The van der Waals surface area contributed by atoms with Crippen LogP contribution in [0.4, 0.5) is 4.39 Å². The van der Waals surface area contributed by atoms with E-state index in [-0.39, 0.29) is 5.56 Å². The molecule has 1 aliphatic rings. The summed E-state index contributed by atoms with van der Waals surface area (Å²) in [4.78, 5) is 22.1. The molecule has 0 saturated carbocycles. The quantitative estimate of drug-likeness (QED) is 0.472. The number of nitrogens with zero attached hydrogens (tertiary/aromatic N) is 4. The number of halogens is 1. The van der Waals surface area contributed by atoms with Gasteiger partial charge in [0.25, 0.3) is 5.91 Å². The molecule has 0 saturated heterocycles. The van der Waals surface area contributed by atoms with Gasteiger partial charge < -0.3 is 4.74 Å². The van der Waals surface area contributed by atoms with Crippen LogP contribution in [0.2, 0.25) is 0 Å². The number of carbonyl (C=O) groups is 1. The first-order valence-electron chi connectivity index (χ1n) is 10.2. The zero-order valence-corrected chi connectivity index (χ0v) is 17.3. The van der Waals surface area contributed by atoms with Gasteiger partial charge in [-0.3, -0.25) is 14.8 Å². The van der Waals surface area contributed by atoms with E-state index in [2.05, 4.69) is 15.1 Å². The smallest absolute Gasteiger partial charge is 0.277 e. The first kappa shape index (κ1) is 19.8. The number of para-hydroxylation sites is 1. The van der Waals surface area contributed by atoms with Crippen LogP contribution in [0.5, 0.6) is 5.75 Å². The van der Waals surface area contributed by atoms with Crippen LogP contribution >= 0.6 is 0 Å². The molecular weight excluding hydrogens is 407 g/mol. The van der Waals surface area contributed by atoms with Gasteiger partial charge in [-0.05, 0) is 42.0 Å². The lowest BCUT2D eigenvalue weighted by Crippen LogP contribution is -2.27. The number of aromatic nitrogens is 2. The highest BCUT2D eigenvalue weighted by Gasteiger charge is 2.35. The second kappa shape index (κ2) is 8.19. The monoisotopic (exact) mass is 426 g/mol. The van der Waals surface area contributed by atoms with E-state index in [0.29, 0.717) is 23.4 Å². The fourth-order valence-electron chi connectivity index (χ4n) is 3.95. The number of amides is 1. The molecule has 0 aliphatic carbocycles.